The highest BCUT2D eigenvalue weighted by atomic mass is 35.7. The minimum absolute atomic E-state index is 0.150. The fourth-order valence-electron chi connectivity index (χ4n) is 1.07. The van der Waals surface area contributed by atoms with E-state index in [1.807, 2.05) is 13.8 Å². The van der Waals surface area contributed by atoms with Gasteiger partial charge < -0.3 is 0 Å². The van der Waals surface area contributed by atoms with Gasteiger partial charge in [0.2, 0.25) is 0 Å². The molecule has 0 fully saturated rings. The fourth-order valence-corrected chi connectivity index (χ4v) is 1.97. The first-order chi connectivity index (χ1) is 6.32. The van der Waals surface area contributed by atoms with E-state index in [0.717, 1.165) is 5.56 Å². The van der Waals surface area contributed by atoms with Crippen LogP contribution in [0.1, 0.15) is 25.3 Å². The Morgan fingerprint density at radius 2 is 1.93 bits per heavy atom. The Morgan fingerprint density at radius 1 is 1.36 bits per heavy atom. The normalized spacial score (nSPS) is 12.1. The zero-order chi connectivity index (χ0) is 10.9. The molecule has 0 aliphatic carbocycles. The summed E-state index contributed by atoms with van der Waals surface area (Å²) >= 11 is 0. The van der Waals surface area contributed by atoms with Gasteiger partial charge in [-0.3, -0.25) is 0 Å². The summed E-state index contributed by atoms with van der Waals surface area (Å²) in [6, 6.07) is 3.94. The molecule has 2 nitrogen and oxygen atoms in total. The first kappa shape index (κ1) is 11.5. The van der Waals surface area contributed by atoms with Gasteiger partial charge >= 0.3 is 0 Å². The molecule has 0 atom stereocenters. The second kappa shape index (κ2) is 3.87. The summed E-state index contributed by atoms with van der Waals surface area (Å²) in [5.74, 6) is -0.650. The molecule has 0 radical (unpaired) electrons. The molecule has 0 aliphatic heterocycles. The molecule has 0 bridgehead atoms. The highest BCUT2D eigenvalue weighted by Gasteiger charge is 2.16. The van der Waals surface area contributed by atoms with E-state index in [1.54, 1.807) is 6.07 Å². The molecule has 0 saturated heterocycles. The summed E-state index contributed by atoms with van der Waals surface area (Å²) in [6.07, 6.45) is 0. The Balaban J connectivity index is 3.28. The van der Waals surface area contributed by atoms with Gasteiger partial charge in [0.15, 0.2) is 0 Å². The first-order valence-corrected chi connectivity index (χ1v) is 6.37. The average molecular weight is 237 g/mol. The van der Waals surface area contributed by atoms with E-state index in [1.165, 1.54) is 12.1 Å². The Kier molecular flexibility index (Phi) is 3.17. The van der Waals surface area contributed by atoms with Crippen LogP contribution in [0.3, 0.4) is 0 Å². The van der Waals surface area contributed by atoms with Crippen molar-refractivity contribution < 1.29 is 12.8 Å². The van der Waals surface area contributed by atoms with Crippen molar-refractivity contribution in [2.24, 2.45) is 0 Å². The maximum Gasteiger partial charge on any atom is 0.264 e. The summed E-state index contributed by atoms with van der Waals surface area (Å²) in [5, 5.41) is 0. The van der Waals surface area contributed by atoms with E-state index < -0.39 is 19.8 Å². The van der Waals surface area contributed by atoms with Gasteiger partial charge in [-0.1, -0.05) is 19.9 Å². The van der Waals surface area contributed by atoms with Gasteiger partial charge in [0.1, 0.15) is 10.7 Å². The zero-order valence-corrected chi connectivity index (χ0v) is 9.36. The van der Waals surface area contributed by atoms with Crippen molar-refractivity contribution in [3.8, 4) is 0 Å². The molecule has 0 aromatic heterocycles. The fraction of sp³-hybridized carbons (Fsp3) is 0.333. The van der Waals surface area contributed by atoms with Gasteiger partial charge in [-0.15, -0.1) is 0 Å². The Labute approximate surface area is 87.1 Å². The van der Waals surface area contributed by atoms with E-state index in [2.05, 4.69) is 0 Å². The standard InChI is InChI=1S/C9H10ClFO2S/c1-6(2)7-3-4-9(8(11)5-7)14(10,12)13/h3-6H,1-2H3. The van der Waals surface area contributed by atoms with E-state index in [-0.39, 0.29) is 5.92 Å². The molecular formula is C9H10ClFO2S. The number of rotatable bonds is 2. The van der Waals surface area contributed by atoms with Crippen molar-refractivity contribution in [3.05, 3.63) is 29.6 Å². The van der Waals surface area contributed by atoms with Crippen LogP contribution in [-0.2, 0) is 9.05 Å². The summed E-state index contributed by atoms with van der Waals surface area (Å²) in [7, 11) is 1.05. The SMILES string of the molecule is CC(C)c1ccc(S(=O)(=O)Cl)c(F)c1. The zero-order valence-electron chi connectivity index (χ0n) is 7.79. The van der Waals surface area contributed by atoms with Crippen molar-refractivity contribution in [1.82, 2.24) is 0 Å². The molecule has 0 unspecified atom stereocenters. The van der Waals surface area contributed by atoms with E-state index in [4.69, 9.17) is 10.7 Å². The smallest absolute Gasteiger partial charge is 0.207 e. The summed E-state index contributed by atoms with van der Waals surface area (Å²) in [5.41, 5.74) is 0.742. The van der Waals surface area contributed by atoms with Crippen molar-refractivity contribution in [3.63, 3.8) is 0 Å². The van der Waals surface area contributed by atoms with Crippen molar-refractivity contribution in [2.75, 3.05) is 0 Å². The van der Waals surface area contributed by atoms with Crippen LogP contribution in [-0.4, -0.2) is 8.42 Å². The minimum atomic E-state index is -3.98. The molecule has 0 heterocycles. The minimum Gasteiger partial charge on any atom is -0.207 e. The Bertz CT molecular complexity index is 440. The largest absolute Gasteiger partial charge is 0.264 e. The van der Waals surface area contributed by atoms with Crippen LogP contribution < -0.4 is 0 Å². The average Bonchev–Trinajstić information content (AvgIpc) is 2.01. The third-order valence-electron chi connectivity index (χ3n) is 1.89. The molecule has 0 amide bonds. The van der Waals surface area contributed by atoms with Crippen LogP contribution in [0.5, 0.6) is 0 Å². The van der Waals surface area contributed by atoms with Gasteiger partial charge in [0.25, 0.3) is 9.05 Å². The van der Waals surface area contributed by atoms with Crippen LogP contribution in [0.4, 0.5) is 4.39 Å². The van der Waals surface area contributed by atoms with Crippen molar-refractivity contribution in [1.29, 1.82) is 0 Å². The number of hydrogen-bond acceptors (Lipinski definition) is 2. The lowest BCUT2D eigenvalue weighted by Gasteiger charge is -2.06. The second-order valence-electron chi connectivity index (χ2n) is 3.28. The third-order valence-corrected chi connectivity index (χ3v) is 3.24. The molecule has 1 rings (SSSR count). The molecule has 14 heavy (non-hydrogen) atoms. The second-order valence-corrected chi connectivity index (χ2v) is 5.82. The summed E-state index contributed by atoms with van der Waals surface area (Å²) in [6.45, 7) is 3.79. The maximum absolute atomic E-state index is 13.2. The number of halogens is 2. The lowest BCUT2D eigenvalue weighted by Crippen LogP contribution is -1.97. The van der Waals surface area contributed by atoms with Crippen molar-refractivity contribution >= 4 is 19.7 Å². The lowest BCUT2D eigenvalue weighted by atomic mass is 10.0. The first-order valence-electron chi connectivity index (χ1n) is 4.06. The van der Waals surface area contributed by atoms with Gasteiger partial charge in [-0.2, -0.15) is 0 Å². The number of benzene rings is 1. The third kappa shape index (κ3) is 2.45. The van der Waals surface area contributed by atoms with Crippen LogP contribution in [0, 0.1) is 5.82 Å². The Hall–Kier alpha value is -0.610. The van der Waals surface area contributed by atoms with Gasteiger partial charge in [-0.25, -0.2) is 12.8 Å². The molecular weight excluding hydrogens is 227 g/mol. The van der Waals surface area contributed by atoms with E-state index in [9.17, 15) is 12.8 Å². The topological polar surface area (TPSA) is 34.1 Å². The maximum atomic E-state index is 13.2. The number of hydrogen-bond donors (Lipinski definition) is 0. The molecule has 1 aromatic rings. The van der Waals surface area contributed by atoms with Gasteiger partial charge in [0, 0.05) is 10.7 Å². The predicted molar refractivity (Wildman–Crippen MR) is 53.5 cm³/mol. The molecule has 5 heteroatoms. The lowest BCUT2D eigenvalue weighted by molar-refractivity contribution is 0.573. The molecule has 0 N–H and O–H groups in total. The van der Waals surface area contributed by atoms with Gasteiger partial charge in [0.05, 0.1) is 0 Å². The van der Waals surface area contributed by atoms with Crippen LogP contribution in [0.25, 0.3) is 0 Å². The van der Waals surface area contributed by atoms with E-state index in [0.29, 0.717) is 0 Å². The van der Waals surface area contributed by atoms with Crippen molar-refractivity contribution in [2.45, 2.75) is 24.7 Å². The predicted octanol–water partition coefficient (Wildman–Crippen LogP) is 2.88. The molecule has 0 spiro atoms. The van der Waals surface area contributed by atoms with Crippen LogP contribution in [0.2, 0.25) is 0 Å². The highest BCUT2D eigenvalue weighted by molar-refractivity contribution is 8.13. The Morgan fingerprint density at radius 3 is 2.29 bits per heavy atom. The summed E-state index contributed by atoms with van der Waals surface area (Å²) in [4.78, 5) is -0.469. The molecule has 0 saturated carbocycles. The molecule has 78 valence electrons. The summed E-state index contributed by atoms with van der Waals surface area (Å²) < 4.78 is 35.0. The quantitative estimate of drug-likeness (QED) is 0.740. The molecule has 1 aromatic carbocycles. The van der Waals surface area contributed by atoms with Crippen LogP contribution >= 0.6 is 10.7 Å². The van der Waals surface area contributed by atoms with Gasteiger partial charge in [-0.05, 0) is 23.6 Å². The van der Waals surface area contributed by atoms with E-state index >= 15 is 0 Å². The highest BCUT2D eigenvalue weighted by Crippen LogP contribution is 2.23. The molecule has 0 aliphatic rings. The van der Waals surface area contributed by atoms with Crippen LogP contribution in [0.15, 0.2) is 23.1 Å². The monoisotopic (exact) mass is 236 g/mol.